The zero-order valence-electron chi connectivity index (χ0n) is 8.84. The summed E-state index contributed by atoms with van der Waals surface area (Å²) in [6.07, 6.45) is 1.66. The second-order valence-corrected chi connectivity index (χ2v) is 4.84. The summed E-state index contributed by atoms with van der Waals surface area (Å²) in [6, 6.07) is 0. The monoisotopic (exact) mass is 184 g/mol. The summed E-state index contributed by atoms with van der Waals surface area (Å²) < 4.78 is 0. The molecule has 0 aromatic carbocycles. The van der Waals surface area contributed by atoms with E-state index >= 15 is 0 Å². The second kappa shape index (κ2) is 3.66. The quantitative estimate of drug-likeness (QED) is 0.710. The van der Waals surface area contributed by atoms with Crippen molar-refractivity contribution in [3.05, 3.63) is 0 Å². The highest BCUT2D eigenvalue weighted by Crippen LogP contribution is 2.19. The molecule has 2 N–H and O–H groups in total. The van der Waals surface area contributed by atoms with Crippen LogP contribution in [0.1, 0.15) is 33.6 Å². The first-order valence-electron chi connectivity index (χ1n) is 4.97. The van der Waals surface area contributed by atoms with Crippen LogP contribution in [0, 0.1) is 5.92 Å². The lowest BCUT2D eigenvalue weighted by molar-refractivity contribution is -0.138. The minimum absolute atomic E-state index is 0.131. The summed E-state index contributed by atoms with van der Waals surface area (Å²) in [6.45, 7) is 7.71. The first kappa shape index (κ1) is 10.5. The lowest BCUT2D eigenvalue weighted by Crippen LogP contribution is -2.66. The summed E-state index contributed by atoms with van der Waals surface area (Å²) in [5.74, 6) is 0.867. The molecule has 3 heteroatoms. The Labute approximate surface area is 80.3 Å². The van der Waals surface area contributed by atoms with Crippen molar-refractivity contribution in [1.82, 2.24) is 4.90 Å². The van der Waals surface area contributed by atoms with Crippen LogP contribution in [0.25, 0.3) is 0 Å². The van der Waals surface area contributed by atoms with Crippen LogP contribution in [0.4, 0.5) is 0 Å². The van der Waals surface area contributed by atoms with Crippen LogP contribution in [-0.2, 0) is 4.79 Å². The van der Waals surface area contributed by atoms with E-state index in [0.29, 0.717) is 12.3 Å². The predicted octanol–water partition coefficient (Wildman–Crippen LogP) is 0.982. The van der Waals surface area contributed by atoms with Gasteiger partial charge in [-0.15, -0.1) is 0 Å². The molecule has 0 spiro atoms. The molecule has 0 aromatic heterocycles. The lowest BCUT2D eigenvalue weighted by Gasteiger charge is -2.45. The lowest BCUT2D eigenvalue weighted by atomic mass is 9.93. The van der Waals surface area contributed by atoms with E-state index in [-0.39, 0.29) is 11.4 Å². The maximum absolute atomic E-state index is 11.5. The Hall–Kier alpha value is -0.570. The Kier molecular flexibility index (Phi) is 2.96. The highest BCUT2D eigenvalue weighted by Gasteiger charge is 2.37. The number of carbonyl (C=O) groups is 1. The van der Waals surface area contributed by atoms with Crippen LogP contribution >= 0.6 is 0 Å². The van der Waals surface area contributed by atoms with Gasteiger partial charge in [0, 0.05) is 25.0 Å². The molecule has 0 aromatic rings. The maximum Gasteiger partial charge on any atom is 0.222 e. The van der Waals surface area contributed by atoms with Crippen LogP contribution in [0.3, 0.4) is 0 Å². The van der Waals surface area contributed by atoms with Crippen LogP contribution in [0.15, 0.2) is 0 Å². The number of carbonyl (C=O) groups excluding carboxylic acids is 1. The summed E-state index contributed by atoms with van der Waals surface area (Å²) >= 11 is 0. The van der Waals surface area contributed by atoms with Crippen LogP contribution in [0.2, 0.25) is 0 Å². The summed E-state index contributed by atoms with van der Waals surface area (Å²) in [4.78, 5) is 13.3. The van der Waals surface area contributed by atoms with Gasteiger partial charge in [0.1, 0.15) is 0 Å². The zero-order valence-corrected chi connectivity index (χ0v) is 8.84. The molecule has 3 nitrogen and oxygen atoms in total. The zero-order chi connectivity index (χ0) is 10.1. The highest BCUT2D eigenvalue weighted by atomic mass is 16.2. The van der Waals surface area contributed by atoms with Gasteiger partial charge in [0.2, 0.25) is 5.91 Å². The third-order valence-electron chi connectivity index (χ3n) is 2.39. The van der Waals surface area contributed by atoms with Crippen LogP contribution < -0.4 is 5.73 Å². The van der Waals surface area contributed by atoms with Gasteiger partial charge in [0.25, 0.3) is 0 Å². The molecule has 13 heavy (non-hydrogen) atoms. The van der Waals surface area contributed by atoms with Gasteiger partial charge in [-0.3, -0.25) is 4.79 Å². The Morgan fingerprint density at radius 1 is 1.54 bits per heavy atom. The number of hydrogen-bond acceptors (Lipinski definition) is 2. The average Bonchev–Trinajstić information content (AvgIpc) is 1.95. The van der Waals surface area contributed by atoms with E-state index in [4.69, 9.17) is 5.73 Å². The standard InChI is InChI=1S/C10H20N2O/c1-8(2)4-5-9(13)12-6-10(3,11)7-12/h8H,4-7,11H2,1-3H3. The summed E-state index contributed by atoms with van der Waals surface area (Å²) in [7, 11) is 0. The fourth-order valence-corrected chi connectivity index (χ4v) is 1.57. The fraction of sp³-hybridized carbons (Fsp3) is 0.900. The van der Waals surface area contributed by atoms with E-state index in [1.807, 2.05) is 11.8 Å². The van der Waals surface area contributed by atoms with Crippen molar-refractivity contribution in [3.8, 4) is 0 Å². The molecular weight excluding hydrogens is 164 g/mol. The molecule has 1 aliphatic rings. The maximum atomic E-state index is 11.5. The van der Waals surface area contributed by atoms with Crippen molar-refractivity contribution in [1.29, 1.82) is 0 Å². The van der Waals surface area contributed by atoms with Crippen molar-refractivity contribution in [2.24, 2.45) is 11.7 Å². The second-order valence-electron chi connectivity index (χ2n) is 4.84. The van der Waals surface area contributed by atoms with E-state index in [2.05, 4.69) is 13.8 Å². The minimum atomic E-state index is -0.131. The van der Waals surface area contributed by atoms with Crippen molar-refractivity contribution >= 4 is 5.91 Å². The number of nitrogens with two attached hydrogens (primary N) is 1. The molecule has 1 heterocycles. The van der Waals surface area contributed by atoms with Crippen molar-refractivity contribution in [3.63, 3.8) is 0 Å². The smallest absolute Gasteiger partial charge is 0.222 e. The molecule has 1 fully saturated rings. The Morgan fingerprint density at radius 3 is 2.46 bits per heavy atom. The topological polar surface area (TPSA) is 46.3 Å². The van der Waals surface area contributed by atoms with Gasteiger partial charge in [-0.1, -0.05) is 13.8 Å². The van der Waals surface area contributed by atoms with E-state index in [0.717, 1.165) is 19.5 Å². The molecule has 76 valence electrons. The first-order valence-corrected chi connectivity index (χ1v) is 4.97. The Morgan fingerprint density at radius 2 is 2.08 bits per heavy atom. The molecule has 0 saturated carbocycles. The van der Waals surface area contributed by atoms with Crippen LogP contribution in [-0.4, -0.2) is 29.4 Å². The summed E-state index contributed by atoms with van der Waals surface area (Å²) in [5, 5.41) is 0. The number of amides is 1. The normalized spacial score (nSPS) is 20.2. The van der Waals surface area contributed by atoms with Crippen molar-refractivity contribution in [2.45, 2.75) is 39.2 Å². The van der Waals surface area contributed by atoms with Gasteiger partial charge in [-0.05, 0) is 19.3 Å². The number of rotatable bonds is 3. The molecule has 0 radical (unpaired) electrons. The summed E-state index contributed by atoms with van der Waals surface area (Å²) in [5.41, 5.74) is 5.68. The fourth-order valence-electron chi connectivity index (χ4n) is 1.57. The minimum Gasteiger partial charge on any atom is -0.339 e. The van der Waals surface area contributed by atoms with Gasteiger partial charge in [0.05, 0.1) is 0 Å². The third-order valence-corrected chi connectivity index (χ3v) is 2.39. The van der Waals surface area contributed by atoms with Gasteiger partial charge in [0.15, 0.2) is 0 Å². The molecule has 1 saturated heterocycles. The van der Waals surface area contributed by atoms with E-state index in [9.17, 15) is 4.79 Å². The number of hydrogen-bond donors (Lipinski definition) is 1. The van der Waals surface area contributed by atoms with Gasteiger partial charge < -0.3 is 10.6 Å². The molecule has 0 atom stereocenters. The molecular formula is C10H20N2O. The van der Waals surface area contributed by atoms with Gasteiger partial charge in [-0.25, -0.2) is 0 Å². The van der Waals surface area contributed by atoms with Gasteiger partial charge >= 0.3 is 0 Å². The number of likely N-dealkylation sites (tertiary alicyclic amines) is 1. The van der Waals surface area contributed by atoms with Crippen molar-refractivity contribution in [2.75, 3.05) is 13.1 Å². The predicted molar refractivity (Wildman–Crippen MR) is 53.2 cm³/mol. The molecule has 1 amide bonds. The Bertz CT molecular complexity index is 191. The number of nitrogens with zero attached hydrogens (tertiary/aromatic N) is 1. The van der Waals surface area contributed by atoms with Gasteiger partial charge in [-0.2, -0.15) is 0 Å². The average molecular weight is 184 g/mol. The largest absolute Gasteiger partial charge is 0.339 e. The molecule has 0 unspecified atom stereocenters. The first-order chi connectivity index (χ1) is 5.91. The molecule has 1 aliphatic heterocycles. The SMILES string of the molecule is CC(C)CCC(=O)N1CC(C)(N)C1. The van der Waals surface area contributed by atoms with Crippen LogP contribution in [0.5, 0.6) is 0 Å². The molecule has 0 bridgehead atoms. The van der Waals surface area contributed by atoms with Crippen molar-refractivity contribution < 1.29 is 4.79 Å². The highest BCUT2D eigenvalue weighted by molar-refractivity contribution is 5.77. The van der Waals surface area contributed by atoms with E-state index in [1.165, 1.54) is 0 Å². The Balaban J connectivity index is 2.20. The van der Waals surface area contributed by atoms with E-state index in [1.54, 1.807) is 0 Å². The third kappa shape index (κ3) is 2.99. The molecule has 0 aliphatic carbocycles. The van der Waals surface area contributed by atoms with E-state index < -0.39 is 0 Å². The molecule has 1 rings (SSSR count).